The number of benzene rings is 1. The Balaban J connectivity index is 2.21. The zero-order valence-corrected chi connectivity index (χ0v) is 10.8. The fourth-order valence-corrected chi connectivity index (χ4v) is 2.50. The average Bonchev–Trinajstić information content (AvgIpc) is 2.99. The first-order valence-corrected chi connectivity index (χ1v) is 6.39. The van der Waals surface area contributed by atoms with Crippen molar-refractivity contribution in [3.05, 3.63) is 26.9 Å². The number of hydrogen-bond acceptors (Lipinski definition) is 1. The maximum absolute atomic E-state index is 6.03. The van der Waals surface area contributed by atoms with Crippen molar-refractivity contribution in [1.82, 2.24) is 9.55 Å². The Kier molecular flexibility index (Phi) is 2.50. The van der Waals surface area contributed by atoms with Crippen molar-refractivity contribution >= 4 is 46.5 Å². The number of imidazole rings is 1. The molecule has 2 aromatic rings. The predicted molar refractivity (Wildman–Crippen MR) is 69.9 cm³/mol. The minimum absolute atomic E-state index is 0.559. The van der Waals surface area contributed by atoms with Crippen molar-refractivity contribution in [3.63, 3.8) is 0 Å². The molecule has 0 radical (unpaired) electrons. The highest BCUT2D eigenvalue weighted by Gasteiger charge is 2.23. The van der Waals surface area contributed by atoms with Gasteiger partial charge in [-0.1, -0.05) is 23.2 Å². The standard InChI is InChI=1S/C11H10Cl2N2S/c12-7-3-9-10(4-8(7)13)15(11(16)14-9)5-6-1-2-6/h3-4,6H,1-2,5H2,(H,14,16). The number of fused-ring (bicyclic) bond motifs is 1. The third-order valence-corrected chi connectivity index (χ3v) is 4.00. The number of rotatable bonds is 2. The van der Waals surface area contributed by atoms with Gasteiger partial charge in [0.25, 0.3) is 0 Å². The summed E-state index contributed by atoms with van der Waals surface area (Å²) < 4.78 is 2.87. The van der Waals surface area contributed by atoms with E-state index in [9.17, 15) is 0 Å². The van der Waals surface area contributed by atoms with Crippen LogP contribution in [0.25, 0.3) is 11.0 Å². The highest BCUT2D eigenvalue weighted by molar-refractivity contribution is 7.71. The van der Waals surface area contributed by atoms with Crippen molar-refractivity contribution < 1.29 is 0 Å². The number of nitrogens with one attached hydrogen (secondary N) is 1. The molecular formula is C11H10Cl2N2S. The third-order valence-electron chi connectivity index (χ3n) is 2.95. The molecule has 0 bridgehead atoms. The molecule has 2 nitrogen and oxygen atoms in total. The predicted octanol–water partition coefficient (Wildman–Crippen LogP) is 4.42. The summed E-state index contributed by atoms with van der Waals surface area (Å²) in [5.74, 6) is 0.778. The smallest absolute Gasteiger partial charge is 0.178 e. The SMILES string of the molecule is S=c1[nH]c2cc(Cl)c(Cl)cc2n1CC1CC1. The van der Waals surface area contributed by atoms with Crippen molar-refractivity contribution in [2.75, 3.05) is 0 Å². The number of halogens is 2. The van der Waals surface area contributed by atoms with E-state index in [4.69, 9.17) is 35.4 Å². The number of hydrogen-bond donors (Lipinski definition) is 1. The second kappa shape index (κ2) is 3.76. The maximum atomic E-state index is 6.03. The number of aromatic amines is 1. The van der Waals surface area contributed by atoms with Gasteiger partial charge >= 0.3 is 0 Å². The van der Waals surface area contributed by atoms with E-state index in [0.717, 1.165) is 28.3 Å². The first-order valence-electron chi connectivity index (χ1n) is 5.22. The van der Waals surface area contributed by atoms with Gasteiger partial charge in [0.2, 0.25) is 0 Å². The molecule has 1 aliphatic rings. The van der Waals surface area contributed by atoms with Crippen LogP contribution in [-0.4, -0.2) is 9.55 Å². The molecule has 1 saturated carbocycles. The first-order chi connectivity index (χ1) is 7.65. The molecule has 0 saturated heterocycles. The molecule has 0 unspecified atom stereocenters. The van der Waals surface area contributed by atoms with Crippen molar-refractivity contribution in [2.45, 2.75) is 19.4 Å². The molecule has 5 heteroatoms. The van der Waals surface area contributed by atoms with Crippen molar-refractivity contribution in [1.29, 1.82) is 0 Å². The van der Waals surface area contributed by atoms with Crippen LogP contribution < -0.4 is 0 Å². The lowest BCUT2D eigenvalue weighted by Crippen LogP contribution is -1.99. The van der Waals surface area contributed by atoms with Gasteiger partial charge in [-0.05, 0) is 43.1 Å². The van der Waals surface area contributed by atoms with E-state index in [1.54, 1.807) is 0 Å². The van der Waals surface area contributed by atoms with Crippen LogP contribution in [0.3, 0.4) is 0 Å². The molecule has 0 aliphatic heterocycles. The van der Waals surface area contributed by atoms with Crippen LogP contribution in [0, 0.1) is 10.7 Å². The summed E-state index contributed by atoms with van der Waals surface area (Å²) in [6, 6.07) is 3.71. The second-order valence-electron chi connectivity index (χ2n) is 4.27. The summed E-state index contributed by atoms with van der Waals surface area (Å²) in [6.07, 6.45) is 2.60. The fourth-order valence-electron chi connectivity index (χ4n) is 1.89. The van der Waals surface area contributed by atoms with E-state index in [0.29, 0.717) is 10.0 Å². The van der Waals surface area contributed by atoms with E-state index in [1.807, 2.05) is 12.1 Å². The van der Waals surface area contributed by atoms with Gasteiger partial charge in [-0.15, -0.1) is 0 Å². The molecule has 1 aromatic carbocycles. The molecule has 3 rings (SSSR count). The molecule has 1 heterocycles. The maximum Gasteiger partial charge on any atom is 0.178 e. The zero-order chi connectivity index (χ0) is 11.3. The number of aromatic nitrogens is 2. The molecule has 1 aromatic heterocycles. The van der Waals surface area contributed by atoms with Crippen LogP contribution in [-0.2, 0) is 6.54 Å². The number of H-pyrrole nitrogens is 1. The monoisotopic (exact) mass is 272 g/mol. The lowest BCUT2D eigenvalue weighted by atomic mass is 10.3. The normalized spacial score (nSPS) is 15.9. The van der Waals surface area contributed by atoms with E-state index in [2.05, 4.69) is 9.55 Å². The van der Waals surface area contributed by atoms with Crippen LogP contribution in [0.2, 0.25) is 10.0 Å². The van der Waals surface area contributed by atoms with Crippen molar-refractivity contribution in [2.24, 2.45) is 5.92 Å². The molecule has 1 N–H and O–H groups in total. The van der Waals surface area contributed by atoms with E-state index >= 15 is 0 Å². The highest BCUT2D eigenvalue weighted by Crippen LogP contribution is 2.33. The van der Waals surface area contributed by atoms with Gasteiger partial charge in [0.1, 0.15) is 0 Å². The Morgan fingerprint density at radius 2 is 2.00 bits per heavy atom. The summed E-state index contributed by atoms with van der Waals surface area (Å²) in [4.78, 5) is 3.16. The average molecular weight is 273 g/mol. The highest BCUT2D eigenvalue weighted by atomic mass is 35.5. The van der Waals surface area contributed by atoms with Gasteiger partial charge in [0.15, 0.2) is 4.77 Å². The molecule has 0 spiro atoms. The largest absolute Gasteiger partial charge is 0.331 e. The van der Waals surface area contributed by atoms with E-state index in [1.165, 1.54) is 12.8 Å². The number of nitrogens with zero attached hydrogens (tertiary/aromatic N) is 1. The molecule has 16 heavy (non-hydrogen) atoms. The Hall–Kier alpha value is -0.510. The summed E-state index contributed by atoms with van der Waals surface area (Å²) in [5, 5.41) is 1.14. The van der Waals surface area contributed by atoms with Gasteiger partial charge in [0, 0.05) is 6.54 Å². The summed E-state index contributed by atoms with van der Waals surface area (Å²) >= 11 is 17.3. The summed E-state index contributed by atoms with van der Waals surface area (Å²) in [5.41, 5.74) is 2.01. The minimum Gasteiger partial charge on any atom is -0.331 e. The lowest BCUT2D eigenvalue weighted by Gasteiger charge is -2.03. The molecule has 0 atom stereocenters. The van der Waals surface area contributed by atoms with Crippen LogP contribution >= 0.6 is 35.4 Å². The molecule has 0 amide bonds. The molecule has 84 valence electrons. The van der Waals surface area contributed by atoms with Crippen LogP contribution in [0.4, 0.5) is 0 Å². The van der Waals surface area contributed by atoms with Crippen LogP contribution in [0.1, 0.15) is 12.8 Å². The zero-order valence-electron chi connectivity index (χ0n) is 8.46. The van der Waals surface area contributed by atoms with Gasteiger partial charge in [0.05, 0.1) is 21.1 Å². The van der Waals surface area contributed by atoms with Gasteiger partial charge < -0.3 is 9.55 Å². The van der Waals surface area contributed by atoms with Crippen LogP contribution in [0.5, 0.6) is 0 Å². The molecule has 1 aliphatic carbocycles. The van der Waals surface area contributed by atoms with Gasteiger partial charge in [-0.2, -0.15) is 0 Å². The Morgan fingerprint density at radius 3 is 2.69 bits per heavy atom. The third kappa shape index (κ3) is 1.77. The van der Waals surface area contributed by atoms with E-state index in [-0.39, 0.29) is 0 Å². The lowest BCUT2D eigenvalue weighted by molar-refractivity contribution is 0.635. The first kappa shape index (κ1) is 10.6. The van der Waals surface area contributed by atoms with Gasteiger partial charge in [-0.3, -0.25) is 0 Å². The fraction of sp³-hybridized carbons (Fsp3) is 0.364. The topological polar surface area (TPSA) is 20.7 Å². The Bertz CT molecular complexity index is 610. The molecular weight excluding hydrogens is 263 g/mol. The minimum atomic E-state index is 0.559. The van der Waals surface area contributed by atoms with Crippen molar-refractivity contribution in [3.8, 4) is 0 Å². The Morgan fingerprint density at radius 1 is 1.31 bits per heavy atom. The van der Waals surface area contributed by atoms with Crippen LogP contribution in [0.15, 0.2) is 12.1 Å². The molecule has 1 fully saturated rings. The van der Waals surface area contributed by atoms with Gasteiger partial charge in [-0.25, -0.2) is 0 Å². The Labute approximate surface area is 108 Å². The second-order valence-corrected chi connectivity index (χ2v) is 5.47. The quantitative estimate of drug-likeness (QED) is 0.803. The summed E-state index contributed by atoms with van der Waals surface area (Å²) in [6.45, 7) is 0.983. The van der Waals surface area contributed by atoms with E-state index < -0.39 is 0 Å². The summed E-state index contributed by atoms with van der Waals surface area (Å²) in [7, 11) is 0.